The van der Waals surface area contributed by atoms with E-state index in [4.69, 9.17) is 11.6 Å². The van der Waals surface area contributed by atoms with Crippen LogP contribution in [-0.4, -0.2) is 34.9 Å². The number of halogens is 1. The van der Waals surface area contributed by atoms with Crippen LogP contribution < -0.4 is 5.32 Å². The number of nitrogens with zero attached hydrogens (tertiary/aromatic N) is 1. The highest BCUT2D eigenvalue weighted by atomic mass is 35.5. The minimum atomic E-state index is -0.283. The monoisotopic (exact) mass is 230 g/mol. The molecule has 2 aliphatic rings. The zero-order chi connectivity index (χ0) is 11.3. The van der Waals surface area contributed by atoms with E-state index in [-0.39, 0.29) is 16.3 Å². The van der Waals surface area contributed by atoms with Crippen molar-refractivity contribution < 1.29 is 4.79 Å². The van der Waals surface area contributed by atoms with Gasteiger partial charge in [0.2, 0.25) is 0 Å². The van der Waals surface area contributed by atoms with Gasteiger partial charge in [0.15, 0.2) is 0 Å². The smallest absolute Gasteiger partial charge is 0.317 e. The highest BCUT2D eigenvalue weighted by molar-refractivity contribution is 6.63. The molecule has 2 fully saturated rings. The topological polar surface area (TPSA) is 32.3 Å². The minimum Gasteiger partial charge on any atom is -0.317 e. The molecule has 0 aromatic rings. The Balaban J connectivity index is 2.40. The van der Waals surface area contributed by atoms with Gasteiger partial charge < -0.3 is 10.2 Å². The van der Waals surface area contributed by atoms with Gasteiger partial charge in [0.25, 0.3) is 0 Å². The van der Waals surface area contributed by atoms with Crippen molar-refractivity contribution in [2.24, 2.45) is 5.41 Å². The zero-order valence-electron chi connectivity index (χ0n) is 9.64. The molecule has 0 spiro atoms. The summed E-state index contributed by atoms with van der Waals surface area (Å²) in [6.45, 7) is 8.32. The Labute approximate surface area is 96.2 Å². The van der Waals surface area contributed by atoms with Crippen LogP contribution in [0.2, 0.25) is 0 Å². The Bertz CT molecular complexity index is 283. The van der Waals surface area contributed by atoms with Gasteiger partial charge in [-0.3, -0.25) is 4.79 Å². The van der Waals surface area contributed by atoms with Gasteiger partial charge in [0, 0.05) is 19.1 Å². The second-order valence-electron chi connectivity index (χ2n) is 5.73. The molecule has 1 N–H and O–H groups in total. The van der Waals surface area contributed by atoms with Gasteiger partial charge in [-0.25, -0.2) is 0 Å². The Morgan fingerprint density at radius 1 is 1.53 bits per heavy atom. The Kier molecular flexibility index (Phi) is 2.51. The van der Waals surface area contributed by atoms with E-state index in [2.05, 4.69) is 26.1 Å². The maximum absolute atomic E-state index is 11.6. The fourth-order valence-electron chi connectivity index (χ4n) is 3.13. The second kappa shape index (κ2) is 3.36. The van der Waals surface area contributed by atoms with Crippen molar-refractivity contribution >= 4 is 17.0 Å². The summed E-state index contributed by atoms with van der Waals surface area (Å²) in [5.74, 6) is 0. The minimum absolute atomic E-state index is 0.0692. The molecule has 2 aliphatic heterocycles. The molecule has 4 heteroatoms. The number of amides is 1. The van der Waals surface area contributed by atoms with Crippen molar-refractivity contribution in [3.63, 3.8) is 0 Å². The predicted molar refractivity (Wildman–Crippen MR) is 61.2 cm³/mol. The van der Waals surface area contributed by atoms with Crippen molar-refractivity contribution in [1.82, 2.24) is 10.2 Å². The van der Waals surface area contributed by atoms with Crippen molar-refractivity contribution in [2.45, 2.75) is 45.2 Å². The summed E-state index contributed by atoms with van der Waals surface area (Å²) in [7, 11) is 0. The fourth-order valence-corrected chi connectivity index (χ4v) is 3.43. The third-order valence-corrected chi connectivity index (χ3v) is 4.28. The van der Waals surface area contributed by atoms with Crippen LogP contribution in [0.3, 0.4) is 0 Å². The molecule has 3 nitrogen and oxygen atoms in total. The Morgan fingerprint density at radius 2 is 2.20 bits per heavy atom. The van der Waals surface area contributed by atoms with E-state index in [1.54, 1.807) is 0 Å². The molecule has 0 aliphatic carbocycles. The largest absolute Gasteiger partial charge is 0.317 e. The lowest BCUT2D eigenvalue weighted by molar-refractivity contribution is 0.0241. The second-order valence-corrected chi connectivity index (χ2v) is 6.05. The summed E-state index contributed by atoms with van der Waals surface area (Å²) >= 11 is 5.74. The number of carbonyl (C=O) groups excluding carboxylic acids is 1. The molecule has 0 aromatic heterocycles. The van der Waals surface area contributed by atoms with Crippen molar-refractivity contribution in [2.75, 3.05) is 13.1 Å². The van der Waals surface area contributed by atoms with Crippen LogP contribution in [0.1, 0.15) is 33.6 Å². The molecule has 2 rings (SSSR count). The summed E-state index contributed by atoms with van der Waals surface area (Å²) in [6.07, 6.45) is 2.13. The van der Waals surface area contributed by atoms with Gasteiger partial charge in [0.1, 0.15) is 0 Å². The lowest BCUT2D eigenvalue weighted by Crippen LogP contribution is -2.66. The van der Waals surface area contributed by atoms with E-state index in [0.717, 1.165) is 25.9 Å². The maximum atomic E-state index is 11.6. The number of hydrogen-bond acceptors (Lipinski definition) is 2. The van der Waals surface area contributed by atoms with Crippen LogP contribution in [-0.2, 0) is 0 Å². The van der Waals surface area contributed by atoms with Crippen LogP contribution in [0, 0.1) is 5.41 Å². The number of hydrogen-bond donors (Lipinski definition) is 1. The van der Waals surface area contributed by atoms with Gasteiger partial charge in [-0.15, -0.1) is 0 Å². The number of nitrogens with one attached hydrogen (secondary N) is 1. The van der Waals surface area contributed by atoms with Crippen molar-refractivity contribution in [3.05, 3.63) is 0 Å². The van der Waals surface area contributed by atoms with Crippen LogP contribution in [0.4, 0.5) is 4.79 Å². The molecule has 0 radical (unpaired) electrons. The van der Waals surface area contributed by atoms with E-state index in [9.17, 15) is 4.79 Å². The van der Waals surface area contributed by atoms with Crippen LogP contribution in [0.25, 0.3) is 0 Å². The van der Waals surface area contributed by atoms with Gasteiger partial charge in [-0.05, 0) is 29.9 Å². The highest BCUT2D eigenvalue weighted by Crippen LogP contribution is 2.47. The lowest BCUT2D eigenvalue weighted by atomic mass is 9.71. The first-order valence-corrected chi connectivity index (χ1v) is 5.96. The normalized spacial score (nSPS) is 35.7. The lowest BCUT2D eigenvalue weighted by Gasteiger charge is -2.51. The van der Waals surface area contributed by atoms with Crippen molar-refractivity contribution in [3.8, 4) is 0 Å². The standard InChI is InChI=1S/C11H19ClN2O/c1-10(2,3)11-5-4-8(6-13-7-11)14(11)9(12)15/h8,13H,4-7H2,1-3H3. The summed E-state index contributed by atoms with van der Waals surface area (Å²) in [5.41, 5.74) is -0.0194. The molecule has 15 heavy (non-hydrogen) atoms. The molecule has 2 unspecified atom stereocenters. The maximum Gasteiger partial charge on any atom is 0.317 e. The zero-order valence-corrected chi connectivity index (χ0v) is 10.4. The summed E-state index contributed by atoms with van der Waals surface area (Å²) in [4.78, 5) is 13.5. The van der Waals surface area contributed by atoms with Crippen molar-refractivity contribution in [1.29, 1.82) is 0 Å². The molecule has 0 aromatic carbocycles. The van der Waals surface area contributed by atoms with E-state index < -0.39 is 0 Å². The average Bonchev–Trinajstić information content (AvgIpc) is 2.34. The number of fused-ring (bicyclic) bond motifs is 2. The molecule has 1 amide bonds. The average molecular weight is 231 g/mol. The SMILES string of the molecule is CC(C)(C)C12CCC(CNC1)N2C(=O)Cl. The molecular weight excluding hydrogens is 212 g/mol. The Morgan fingerprint density at radius 3 is 2.67 bits per heavy atom. The van der Waals surface area contributed by atoms with Gasteiger partial charge in [-0.1, -0.05) is 20.8 Å². The molecule has 0 saturated carbocycles. The third-order valence-electron chi connectivity index (χ3n) is 4.10. The molecule has 2 saturated heterocycles. The molecule has 2 atom stereocenters. The molecule has 2 heterocycles. The molecular formula is C11H19ClN2O. The van der Waals surface area contributed by atoms with E-state index in [1.807, 2.05) is 4.90 Å². The van der Waals surface area contributed by atoms with E-state index >= 15 is 0 Å². The van der Waals surface area contributed by atoms with Gasteiger partial charge in [0.05, 0.1) is 5.54 Å². The summed E-state index contributed by atoms with van der Waals surface area (Å²) < 4.78 is 0. The van der Waals surface area contributed by atoms with E-state index in [0.29, 0.717) is 6.04 Å². The number of rotatable bonds is 0. The molecule has 86 valence electrons. The van der Waals surface area contributed by atoms with Crippen LogP contribution in [0.15, 0.2) is 0 Å². The number of piperazine rings is 1. The van der Waals surface area contributed by atoms with Gasteiger partial charge in [-0.2, -0.15) is 0 Å². The third kappa shape index (κ3) is 1.48. The summed E-state index contributed by atoms with van der Waals surface area (Å²) in [6, 6.07) is 0.294. The highest BCUT2D eigenvalue weighted by Gasteiger charge is 2.56. The van der Waals surface area contributed by atoms with Crippen LogP contribution in [0.5, 0.6) is 0 Å². The van der Waals surface area contributed by atoms with Gasteiger partial charge >= 0.3 is 5.37 Å². The van der Waals surface area contributed by atoms with Crippen LogP contribution >= 0.6 is 11.6 Å². The quantitative estimate of drug-likeness (QED) is 0.511. The first kappa shape index (κ1) is 11.2. The Hall–Kier alpha value is -0.280. The first-order chi connectivity index (χ1) is 6.88. The first-order valence-electron chi connectivity index (χ1n) is 5.58. The summed E-state index contributed by atoms with van der Waals surface area (Å²) in [5, 5.41) is 3.14. The van der Waals surface area contributed by atoms with E-state index in [1.165, 1.54) is 0 Å². The predicted octanol–water partition coefficient (Wildman–Crippen LogP) is 2.20. The number of carbonyl (C=O) groups is 1. The fraction of sp³-hybridized carbons (Fsp3) is 0.909. The molecule has 2 bridgehead atoms.